The van der Waals surface area contributed by atoms with E-state index in [0.29, 0.717) is 11.1 Å². The molecule has 0 fully saturated rings. The number of rotatable bonds is 2. The lowest BCUT2D eigenvalue weighted by Crippen LogP contribution is -1.76. The van der Waals surface area contributed by atoms with Crippen LogP contribution in [0.4, 0.5) is 0 Å². The third kappa shape index (κ3) is 5.21. The summed E-state index contributed by atoms with van der Waals surface area (Å²) in [5.74, 6) is 0. The van der Waals surface area contributed by atoms with Crippen molar-refractivity contribution in [3.63, 3.8) is 0 Å². The molecule has 0 saturated heterocycles. The van der Waals surface area contributed by atoms with Crippen LogP contribution in [0.3, 0.4) is 0 Å². The van der Waals surface area contributed by atoms with Crippen LogP contribution in [0, 0.1) is 0 Å². The lowest BCUT2D eigenvalue weighted by atomic mass is 10.2. The van der Waals surface area contributed by atoms with Crippen LogP contribution >= 0.6 is 25.3 Å². The Labute approximate surface area is 117 Å². The zero-order chi connectivity index (χ0) is 13.4. The van der Waals surface area contributed by atoms with E-state index < -0.39 is 0 Å². The van der Waals surface area contributed by atoms with Gasteiger partial charge in [0.15, 0.2) is 0 Å². The molecule has 0 radical (unpaired) electrons. The maximum atomic E-state index is 10.1. The van der Waals surface area contributed by atoms with Gasteiger partial charge in [0, 0.05) is 20.9 Å². The van der Waals surface area contributed by atoms with Gasteiger partial charge in [-0.1, -0.05) is 24.3 Å². The second kappa shape index (κ2) is 7.74. The van der Waals surface area contributed by atoms with E-state index in [0.717, 1.165) is 22.4 Å². The molecular weight excluding hydrogens is 264 g/mol. The molecule has 2 aromatic carbocycles. The Morgan fingerprint density at radius 1 is 0.722 bits per heavy atom. The van der Waals surface area contributed by atoms with Gasteiger partial charge in [0.1, 0.15) is 12.6 Å². The van der Waals surface area contributed by atoms with Crippen LogP contribution in [0.5, 0.6) is 0 Å². The SMILES string of the molecule is O=Cc1ccc(S)cc1.O=Cc1cccc(S)c1. The van der Waals surface area contributed by atoms with Gasteiger partial charge in [0.05, 0.1) is 0 Å². The van der Waals surface area contributed by atoms with Crippen molar-refractivity contribution in [3.05, 3.63) is 59.7 Å². The van der Waals surface area contributed by atoms with Gasteiger partial charge in [-0.05, 0) is 24.3 Å². The highest BCUT2D eigenvalue weighted by Crippen LogP contribution is 2.06. The molecule has 0 aliphatic rings. The summed E-state index contributed by atoms with van der Waals surface area (Å²) in [6.07, 6.45) is 1.62. The van der Waals surface area contributed by atoms with Crippen molar-refractivity contribution in [1.29, 1.82) is 0 Å². The topological polar surface area (TPSA) is 34.1 Å². The third-order valence-corrected chi connectivity index (χ3v) is 2.61. The normalized spacial score (nSPS) is 9.00. The van der Waals surface area contributed by atoms with Crippen molar-refractivity contribution in [2.45, 2.75) is 9.79 Å². The molecule has 18 heavy (non-hydrogen) atoms. The largest absolute Gasteiger partial charge is 0.298 e. The average molecular weight is 276 g/mol. The van der Waals surface area contributed by atoms with Gasteiger partial charge in [-0.15, -0.1) is 25.3 Å². The smallest absolute Gasteiger partial charge is 0.150 e. The Hall–Kier alpha value is -1.52. The first-order valence-corrected chi connectivity index (χ1v) is 6.03. The monoisotopic (exact) mass is 276 g/mol. The van der Waals surface area contributed by atoms with Crippen LogP contribution in [0.15, 0.2) is 58.3 Å². The fourth-order valence-corrected chi connectivity index (χ4v) is 1.54. The molecule has 0 N–H and O–H groups in total. The van der Waals surface area contributed by atoms with Crippen molar-refractivity contribution in [2.75, 3.05) is 0 Å². The molecule has 0 heterocycles. The molecule has 0 atom stereocenters. The zero-order valence-corrected chi connectivity index (χ0v) is 11.3. The van der Waals surface area contributed by atoms with Gasteiger partial charge in [0.2, 0.25) is 0 Å². The van der Waals surface area contributed by atoms with Crippen LogP contribution in [0.25, 0.3) is 0 Å². The Morgan fingerprint density at radius 3 is 1.78 bits per heavy atom. The first kappa shape index (κ1) is 14.5. The second-order valence-corrected chi connectivity index (χ2v) is 4.46. The van der Waals surface area contributed by atoms with E-state index in [9.17, 15) is 9.59 Å². The van der Waals surface area contributed by atoms with Crippen molar-refractivity contribution >= 4 is 37.8 Å². The summed E-state index contributed by atoms with van der Waals surface area (Å²) >= 11 is 8.10. The van der Waals surface area contributed by atoms with Gasteiger partial charge in [-0.3, -0.25) is 9.59 Å². The van der Waals surface area contributed by atoms with Crippen LogP contribution in [-0.4, -0.2) is 12.6 Å². The number of carbonyl (C=O) groups is 2. The Bertz CT molecular complexity index is 522. The average Bonchev–Trinajstić information content (AvgIpc) is 2.40. The van der Waals surface area contributed by atoms with E-state index in [4.69, 9.17) is 0 Å². The van der Waals surface area contributed by atoms with Crippen molar-refractivity contribution in [3.8, 4) is 0 Å². The van der Waals surface area contributed by atoms with Crippen molar-refractivity contribution < 1.29 is 9.59 Å². The maximum absolute atomic E-state index is 10.1. The number of aldehydes is 2. The minimum Gasteiger partial charge on any atom is -0.298 e. The van der Waals surface area contributed by atoms with E-state index in [2.05, 4.69) is 25.3 Å². The quantitative estimate of drug-likeness (QED) is 0.649. The number of benzene rings is 2. The van der Waals surface area contributed by atoms with Crippen LogP contribution in [0.1, 0.15) is 20.7 Å². The van der Waals surface area contributed by atoms with Crippen LogP contribution in [-0.2, 0) is 0 Å². The minimum absolute atomic E-state index is 0.669. The van der Waals surface area contributed by atoms with E-state index in [1.54, 1.807) is 42.5 Å². The highest BCUT2D eigenvalue weighted by Gasteiger charge is 1.87. The van der Waals surface area contributed by atoms with E-state index in [1.165, 1.54) is 0 Å². The Balaban J connectivity index is 0.000000180. The summed E-state index contributed by atoms with van der Waals surface area (Å²) in [6.45, 7) is 0. The van der Waals surface area contributed by atoms with Crippen LogP contribution < -0.4 is 0 Å². The molecule has 0 bridgehead atoms. The molecule has 0 aromatic heterocycles. The summed E-state index contributed by atoms with van der Waals surface area (Å²) in [6, 6.07) is 14.1. The maximum Gasteiger partial charge on any atom is 0.150 e. The molecule has 4 heteroatoms. The molecule has 0 aliphatic carbocycles. The summed E-state index contributed by atoms with van der Waals surface area (Å²) < 4.78 is 0. The van der Waals surface area contributed by atoms with E-state index in [1.807, 2.05) is 6.07 Å². The van der Waals surface area contributed by atoms with Crippen molar-refractivity contribution in [2.24, 2.45) is 0 Å². The number of hydrogen-bond donors (Lipinski definition) is 2. The zero-order valence-electron chi connectivity index (χ0n) is 9.48. The number of carbonyl (C=O) groups excluding carboxylic acids is 2. The van der Waals surface area contributed by atoms with E-state index >= 15 is 0 Å². The van der Waals surface area contributed by atoms with Gasteiger partial charge in [-0.2, -0.15) is 0 Å². The highest BCUT2D eigenvalue weighted by molar-refractivity contribution is 7.80. The third-order valence-electron chi connectivity index (χ3n) is 2.04. The molecule has 92 valence electrons. The molecule has 0 spiro atoms. The second-order valence-electron chi connectivity index (χ2n) is 3.42. The summed E-state index contributed by atoms with van der Waals surface area (Å²) in [7, 11) is 0. The van der Waals surface area contributed by atoms with Gasteiger partial charge < -0.3 is 0 Å². The van der Waals surface area contributed by atoms with Crippen LogP contribution in [0.2, 0.25) is 0 Å². The van der Waals surface area contributed by atoms with Gasteiger partial charge in [0.25, 0.3) is 0 Å². The summed E-state index contributed by atoms with van der Waals surface area (Å²) in [4.78, 5) is 21.9. The number of thiol groups is 2. The first-order valence-electron chi connectivity index (χ1n) is 5.14. The molecule has 2 nitrogen and oxygen atoms in total. The molecule has 0 amide bonds. The fraction of sp³-hybridized carbons (Fsp3) is 0. The molecule has 0 saturated carbocycles. The van der Waals surface area contributed by atoms with Gasteiger partial charge >= 0.3 is 0 Å². The molecule has 0 aliphatic heterocycles. The lowest BCUT2D eigenvalue weighted by molar-refractivity contribution is 0.111. The summed E-state index contributed by atoms with van der Waals surface area (Å²) in [5, 5.41) is 0. The molecule has 2 aromatic rings. The first-order chi connectivity index (χ1) is 8.65. The predicted octanol–water partition coefficient (Wildman–Crippen LogP) is 3.58. The molecular formula is C14H12O2S2. The van der Waals surface area contributed by atoms with Crippen molar-refractivity contribution in [1.82, 2.24) is 0 Å². The number of hydrogen-bond acceptors (Lipinski definition) is 4. The Kier molecular flexibility index (Phi) is 6.25. The predicted molar refractivity (Wildman–Crippen MR) is 78.2 cm³/mol. The summed E-state index contributed by atoms with van der Waals surface area (Å²) in [5.41, 5.74) is 1.36. The standard InChI is InChI=1S/2C7H6OS/c8-5-6-1-3-7(9)4-2-6;8-5-6-2-1-3-7(9)4-6/h2*1-5,9H. The van der Waals surface area contributed by atoms with E-state index in [-0.39, 0.29) is 0 Å². The lowest BCUT2D eigenvalue weighted by Gasteiger charge is -1.89. The molecule has 2 rings (SSSR count). The Morgan fingerprint density at radius 2 is 1.33 bits per heavy atom. The van der Waals surface area contributed by atoms with Gasteiger partial charge in [-0.25, -0.2) is 0 Å². The minimum atomic E-state index is 0.669. The highest BCUT2D eigenvalue weighted by atomic mass is 32.1. The fourth-order valence-electron chi connectivity index (χ4n) is 1.15. The molecule has 0 unspecified atom stereocenters.